The molecule has 27 heavy (non-hydrogen) atoms. The smallest absolute Gasteiger partial charge is 0.202 e. The molecule has 144 valence electrons. The third-order valence-corrected chi connectivity index (χ3v) is 5.38. The highest BCUT2D eigenvalue weighted by Gasteiger charge is 2.52. The van der Waals surface area contributed by atoms with Gasteiger partial charge in [-0.15, -0.1) is 0 Å². The topological polar surface area (TPSA) is 34.1 Å². The molecule has 0 radical (unpaired) electrons. The Morgan fingerprint density at radius 3 is 2.59 bits per heavy atom. The maximum Gasteiger partial charge on any atom is 0.202 e. The predicted octanol–water partition coefficient (Wildman–Crippen LogP) is 5.63. The minimum atomic E-state index is -0.845. The predicted molar refractivity (Wildman–Crippen MR) is 111 cm³/mol. The van der Waals surface area contributed by atoms with E-state index in [4.69, 9.17) is 32.7 Å². The van der Waals surface area contributed by atoms with E-state index in [1.165, 1.54) is 0 Å². The van der Waals surface area contributed by atoms with E-state index in [2.05, 4.69) is 16.8 Å². The maximum absolute atomic E-state index is 6.59. The Kier molecular flexibility index (Phi) is 6.11. The van der Waals surface area contributed by atoms with Gasteiger partial charge in [0.1, 0.15) is 0 Å². The van der Waals surface area contributed by atoms with Crippen molar-refractivity contribution in [2.24, 2.45) is 4.99 Å². The Hall–Kier alpha value is -1.59. The number of fused-ring (bicyclic) bond motifs is 3. The first-order valence-electron chi connectivity index (χ1n) is 9.13. The van der Waals surface area contributed by atoms with Gasteiger partial charge < -0.3 is 9.47 Å². The van der Waals surface area contributed by atoms with E-state index in [1.807, 2.05) is 56.3 Å². The van der Waals surface area contributed by atoms with Gasteiger partial charge in [0.2, 0.25) is 5.90 Å². The molecule has 0 aliphatic carbocycles. The van der Waals surface area contributed by atoms with Crippen LogP contribution in [0.4, 0.5) is 5.69 Å². The van der Waals surface area contributed by atoms with Crippen LogP contribution in [0.1, 0.15) is 31.9 Å². The van der Waals surface area contributed by atoms with Crippen LogP contribution in [0, 0.1) is 0 Å². The Balaban J connectivity index is 0.00000102. The Morgan fingerprint density at radius 1 is 1.15 bits per heavy atom. The first kappa shape index (κ1) is 20.2. The highest BCUT2D eigenvalue weighted by molar-refractivity contribution is 6.31. The summed E-state index contributed by atoms with van der Waals surface area (Å²) >= 11 is 12.9. The van der Waals surface area contributed by atoms with Crippen LogP contribution in [0.5, 0.6) is 0 Å². The van der Waals surface area contributed by atoms with Crippen LogP contribution in [-0.2, 0) is 15.2 Å². The SMILES string of the molecule is CC.COC1=Nc2ccc(Cl)cc2C2(c3ccccc3Cl)OCC(C)N2C1. The van der Waals surface area contributed by atoms with E-state index < -0.39 is 5.72 Å². The van der Waals surface area contributed by atoms with E-state index in [9.17, 15) is 0 Å². The molecule has 0 saturated carbocycles. The van der Waals surface area contributed by atoms with Crippen LogP contribution in [-0.4, -0.2) is 37.1 Å². The number of hydrogen-bond donors (Lipinski definition) is 0. The standard InChI is InChI=1S/C19H18Cl2N2O2.C2H6/c1-12-11-25-19(14-5-3-4-6-16(14)21)15-9-13(20)7-8-17(15)22-18(24-2)10-23(12)19;1-2/h3-9,12H,10-11H2,1-2H3;1-2H3. The van der Waals surface area contributed by atoms with Crippen LogP contribution >= 0.6 is 23.2 Å². The lowest BCUT2D eigenvalue weighted by Gasteiger charge is -2.39. The van der Waals surface area contributed by atoms with Crippen LogP contribution in [0.15, 0.2) is 47.5 Å². The van der Waals surface area contributed by atoms with Crippen molar-refractivity contribution >= 4 is 34.8 Å². The van der Waals surface area contributed by atoms with Gasteiger partial charge in [0.25, 0.3) is 0 Å². The fourth-order valence-electron chi connectivity index (χ4n) is 3.64. The molecule has 1 fully saturated rings. The van der Waals surface area contributed by atoms with Gasteiger partial charge in [-0.2, -0.15) is 0 Å². The second-order valence-corrected chi connectivity index (χ2v) is 7.13. The molecule has 2 aliphatic heterocycles. The summed E-state index contributed by atoms with van der Waals surface area (Å²) < 4.78 is 11.9. The van der Waals surface area contributed by atoms with E-state index in [0.717, 1.165) is 16.8 Å². The molecule has 0 bridgehead atoms. The van der Waals surface area contributed by atoms with Gasteiger partial charge in [-0.3, -0.25) is 4.90 Å². The number of hydrogen-bond acceptors (Lipinski definition) is 4. The van der Waals surface area contributed by atoms with Crippen LogP contribution < -0.4 is 0 Å². The van der Waals surface area contributed by atoms with Crippen molar-refractivity contribution in [2.45, 2.75) is 32.5 Å². The monoisotopic (exact) mass is 406 g/mol. The summed E-state index contributed by atoms with van der Waals surface area (Å²) in [4.78, 5) is 6.92. The number of ether oxygens (including phenoxy) is 2. The quantitative estimate of drug-likeness (QED) is 0.614. The fourth-order valence-corrected chi connectivity index (χ4v) is 4.08. The number of benzene rings is 2. The molecule has 0 spiro atoms. The maximum atomic E-state index is 6.59. The number of halogens is 2. The Labute approximate surface area is 170 Å². The molecule has 6 heteroatoms. The number of rotatable bonds is 1. The summed E-state index contributed by atoms with van der Waals surface area (Å²) in [6.07, 6.45) is 0. The molecule has 2 aromatic rings. The minimum Gasteiger partial charge on any atom is -0.483 e. The van der Waals surface area contributed by atoms with Gasteiger partial charge in [0.15, 0.2) is 5.72 Å². The van der Waals surface area contributed by atoms with Gasteiger partial charge in [-0.25, -0.2) is 4.99 Å². The lowest BCUT2D eigenvalue weighted by molar-refractivity contribution is -0.0483. The Bertz CT molecular complexity index is 856. The van der Waals surface area contributed by atoms with E-state index in [1.54, 1.807) is 7.11 Å². The average Bonchev–Trinajstić information content (AvgIpc) is 2.93. The lowest BCUT2D eigenvalue weighted by Crippen LogP contribution is -2.47. The first-order valence-corrected chi connectivity index (χ1v) is 9.89. The molecule has 2 heterocycles. The average molecular weight is 407 g/mol. The van der Waals surface area contributed by atoms with E-state index in [-0.39, 0.29) is 6.04 Å². The van der Waals surface area contributed by atoms with Crippen LogP contribution in [0.3, 0.4) is 0 Å². The Morgan fingerprint density at radius 2 is 1.89 bits per heavy atom. The fraction of sp³-hybridized carbons (Fsp3) is 0.381. The largest absolute Gasteiger partial charge is 0.483 e. The van der Waals surface area contributed by atoms with Crippen LogP contribution in [0.25, 0.3) is 0 Å². The molecule has 2 atom stereocenters. The summed E-state index contributed by atoms with van der Waals surface area (Å²) in [5.41, 5.74) is 1.70. The zero-order valence-corrected chi connectivity index (χ0v) is 17.5. The summed E-state index contributed by atoms with van der Waals surface area (Å²) in [5, 5.41) is 1.28. The van der Waals surface area contributed by atoms with Crippen molar-refractivity contribution in [3.8, 4) is 0 Å². The van der Waals surface area contributed by atoms with Gasteiger partial charge in [-0.1, -0.05) is 55.2 Å². The van der Waals surface area contributed by atoms with Crippen LogP contribution in [0.2, 0.25) is 10.0 Å². The summed E-state index contributed by atoms with van der Waals surface area (Å²) in [6.45, 7) is 7.23. The van der Waals surface area contributed by atoms with Gasteiger partial charge in [-0.05, 0) is 31.2 Å². The van der Waals surface area contributed by atoms with E-state index >= 15 is 0 Å². The van der Waals surface area contributed by atoms with Gasteiger partial charge >= 0.3 is 0 Å². The highest BCUT2D eigenvalue weighted by atomic mass is 35.5. The summed E-state index contributed by atoms with van der Waals surface area (Å²) in [5.74, 6) is 0.634. The normalized spacial score (nSPS) is 24.1. The molecular formula is C21H24Cl2N2O2. The number of nitrogens with zero attached hydrogens (tertiary/aromatic N) is 2. The third kappa shape index (κ3) is 3.36. The molecule has 0 amide bonds. The zero-order valence-electron chi connectivity index (χ0n) is 16.0. The molecule has 2 aliphatic rings. The number of methoxy groups -OCH3 is 1. The summed E-state index contributed by atoms with van der Waals surface area (Å²) in [7, 11) is 1.64. The first-order chi connectivity index (χ1) is 13.1. The molecule has 4 nitrogen and oxygen atoms in total. The molecule has 0 N–H and O–H groups in total. The van der Waals surface area contributed by atoms with Crippen molar-refractivity contribution in [1.82, 2.24) is 4.90 Å². The molecule has 2 unspecified atom stereocenters. The van der Waals surface area contributed by atoms with Crippen molar-refractivity contribution in [1.29, 1.82) is 0 Å². The van der Waals surface area contributed by atoms with Crippen molar-refractivity contribution in [2.75, 3.05) is 20.3 Å². The molecular weight excluding hydrogens is 383 g/mol. The van der Waals surface area contributed by atoms with Crippen molar-refractivity contribution < 1.29 is 9.47 Å². The van der Waals surface area contributed by atoms with Gasteiger partial charge in [0, 0.05) is 27.2 Å². The molecule has 1 saturated heterocycles. The van der Waals surface area contributed by atoms with E-state index in [0.29, 0.717) is 29.1 Å². The number of aliphatic imine (C=N–C) groups is 1. The van der Waals surface area contributed by atoms with Crippen molar-refractivity contribution in [3.63, 3.8) is 0 Å². The molecule has 0 aromatic heterocycles. The highest BCUT2D eigenvalue weighted by Crippen LogP contribution is 2.50. The van der Waals surface area contributed by atoms with Gasteiger partial charge in [0.05, 0.1) is 25.9 Å². The molecule has 4 rings (SSSR count). The second kappa shape index (κ2) is 8.19. The zero-order chi connectivity index (χ0) is 19.6. The lowest BCUT2D eigenvalue weighted by atomic mass is 9.91. The second-order valence-electron chi connectivity index (χ2n) is 6.28. The molecule has 2 aromatic carbocycles. The third-order valence-electron chi connectivity index (χ3n) is 4.82. The van der Waals surface area contributed by atoms with Crippen molar-refractivity contribution in [3.05, 3.63) is 63.6 Å². The minimum absolute atomic E-state index is 0.168. The summed E-state index contributed by atoms with van der Waals surface area (Å²) in [6, 6.07) is 13.6.